The summed E-state index contributed by atoms with van der Waals surface area (Å²) in [7, 11) is 1.57. The number of rotatable bonds is 5. The molecule has 2 aromatic rings. The van der Waals surface area contributed by atoms with Crippen molar-refractivity contribution in [2.75, 3.05) is 18.9 Å². The Kier molecular flexibility index (Phi) is 4.88. The van der Waals surface area contributed by atoms with Crippen LogP contribution < -0.4 is 10.6 Å². The smallest absolute Gasteiger partial charge is 0.227 e. The summed E-state index contributed by atoms with van der Waals surface area (Å²) in [5, 5.41) is 13.3. The van der Waals surface area contributed by atoms with Crippen LogP contribution in [0.15, 0.2) is 30.3 Å². The van der Waals surface area contributed by atoms with Gasteiger partial charge in [-0.2, -0.15) is 0 Å². The molecular weight excluding hydrogens is 302 g/mol. The molecule has 2 rings (SSSR count). The zero-order chi connectivity index (χ0) is 17.0. The molecule has 0 bridgehead atoms. The minimum atomic E-state index is -0.694. The summed E-state index contributed by atoms with van der Waals surface area (Å²) in [4.78, 5) is 11.7. The van der Waals surface area contributed by atoms with Crippen molar-refractivity contribution >= 4 is 11.7 Å². The second kappa shape index (κ2) is 6.68. The molecule has 0 spiro atoms. The van der Waals surface area contributed by atoms with Gasteiger partial charge in [-0.3, -0.25) is 4.79 Å². The van der Waals surface area contributed by atoms with Crippen LogP contribution >= 0.6 is 0 Å². The van der Waals surface area contributed by atoms with Gasteiger partial charge in [-0.1, -0.05) is 6.07 Å². The van der Waals surface area contributed by atoms with Crippen molar-refractivity contribution in [1.82, 2.24) is 15.5 Å². The van der Waals surface area contributed by atoms with Crippen LogP contribution in [-0.4, -0.2) is 29.7 Å². The monoisotopic (exact) mass is 320 g/mol. The average Bonchev–Trinajstić information content (AvgIpc) is 2.53. The molecule has 1 aromatic heterocycles. The predicted molar refractivity (Wildman–Crippen MR) is 83.7 cm³/mol. The maximum absolute atomic E-state index is 13.7. The van der Waals surface area contributed by atoms with Gasteiger partial charge in [-0.05, 0) is 38.1 Å². The molecule has 122 valence electrons. The molecular formula is C16H18F2N4O. The predicted octanol–water partition coefficient (Wildman–Crippen LogP) is 2.61. The molecule has 0 radical (unpaired) electrons. The van der Waals surface area contributed by atoms with Crippen LogP contribution in [0.2, 0.25) is 0 Å². The summed E-state index contributed by atoms with van der Waals surface area (Å²) in [6.07, 6.45) is 0. The normalized spacial score (nSPS) is 11.2. The highest BCUT2D eigenvalue weighted by molar-refractivity contribution is 5.82. The van der Waals surface area contributed by atoms with E-state index in [4.69, 9.17) is 0 Å². The molecule has 5 nitrogen and oxygen atoms in total. The fourth-order valence-corrected chi connectivity index (χ4v) is 2.03. The molecule has 0 unspecified atom stereocenters. The number of hydrogen-bond acceptors (Lipinski definition) is 4. The Morgan fingerprint density at radius 2 is 1.78 bits per heavy atom. The third-order valence-corrected chi connectivity index (χ3v) is 3.44. The van der Waals surface area contributed by atoms with Gasteiger partial charge in [0.05, 0.1) is 16.7 Å². The van der Waals surface area contributed by atoms with Crippen molar-refractivity contribution in [2.45, 2.75) is 13.8 Å². The maximum Gasteiger partial charge on any atom is 0.227 e. The lowest BCUT2D eigenvalue weighted by Gasteiger charge is -2.22. The highest BCUT2D eigenvalue weighted by Crippen LogP contribution is 2.24. The Labute approximate surface area is 133 Å². The molecule has 23 heavy (non-hydrogen) atoms. The van der Waals surface area contributed by atoms with Crippen molar-refractivity contribution in [3.05, 3.63) is 42.0 Å². The second-order valence-electron chi connectivity index (χ2n) is 5.72. The van der Waals surface area contributed by atoms with Crippen LogP contribution in [0.25, 0.3) is 11.3 Å². The summed E-state index contributed by atoms with van der Waals surface area (Å²) in [5.41, 5.74) is -0.735. The summed E-state index contributed by atoms with van der Waals surface area (Å²) >= 11 is 0. The third-order valence-electron chi connectivity index (χ3n) is 3.44. The number of nitrogens with zero attached hydrogens (tertiary/aromatic N) is 2. The highest BCUT2D eigenvalue weighted by atomic mass is 19.1. The molecule has 7 heteroatoms. The van der Waals surface area contributed by atoms with E-state index >= 15 is 0 Å². The maximum atomic E-state index is 13.7. The summed E-state index contributed by atoms with van der Waals surface area (Å²) < 4.78 is 27.4. The number of carbonyl (C=O) groups is 1. The van der Waals surface area contributed by atoms with Crippen LogP contribution in [0, 0.1) is 17.0 Å². The Balaban J connectivity index is 2.13. The minimum absolute atomic E-state index is 0.108. The summed E-state index contributed by atoms with van der Waals surface area (Å²) in [6, 6.07) is 6.66. The lowest BCUT2D eigenvalue weighted by Crippen LogP contribution is -2.39. The van der Waals surface area contributed by atoms with Gasteiger partial charge in [0.15, 0.2) is 0 Å². The fraction of sp³-hybridized carbons (Fsp3) is 0.312. The second-order valence-corrected chi connectivity index (χ2v) is 5.72. The van der Waals surface area contributed by atoms with Crippen LogP contribution in [0.5, 0.6) is 0 Å². The minimum Gasteiger partial charge on any atom is -0.368 e. The topological polar surface area (TPSA) is 66.9 Å². The van der Waals surface area contributed by atoms with Crippen LogP contribution in [0.1, 0.15) is 13.8 Å². The van der Waals surface area contributed by atoms with Crippen molar-refractivity contribution in [2.24, 2.45) is 5.41 Å². The Morgan fingerprint density at radius 3 is 2.30 bits per heavy atom. The number of hydrogen-bond donors (Lipinski definition) is 2. The van der Waals surface area contributed by atoms with Gasteiger partial charge >= 0.3 is 0 Å². The number of aromatic nitrogens is 2. The van der Waals surface area contributed by atoms with E-state index in [1.807, 2.05) is 0 Å². The number of carbonyl (C=O) groups excluding carboxylic acids is 1. The quantitative estimate of drug-likeness (QED) is 0.889. The van der Waals surface area contributed by atoms with Gasteiger partial charge in [0.25, 0.3) is 0 Å². The number of amides is 1. The van der Waals surface area contributed by atoms with E-state index < -0.39 is 17.0 Å². The first kappa shape index (κ1) is 16.8. The van der Waals surface area contributed by atoms with E-state index in [9.17, 15) is 13.6 Å². The molecule has 0 saturated carbocycles. The van der Waals surface area contributed by atoms with Crippen molar-refractivity contribution in [1.29, 1.82) is 0 Å². The summed E-state index contributed by atoms with van der Waals surface area (Å²) in [6.45, 7) is 3.92. The van der Waals surface area contributed by atoms with Crippen molar-refractivity contribution in [3.8, 4) is 11.3 Å². The van der Waals surface area contributed by atoms with Crippen molar-refractivity contribution < 1.29 is 13.6 Å². The molecule has 0 aliphatic carbocycles. The Bertz CT molecular complexity index is 681. The zero-order valence-corrected chi connectivity index (χ0v) is 13.2. The highest BCUT2D eigenvalue weighted by Gasteiger charge is 2.26. The van der Waals surface area contributed by atoms with E-state index in [1.54, 1.807) is 27.0 Å². The number of benzene rings is 1. The van der Waals surface area contributed by atoms with Crippen LogP contribution in [0.3, 0.4) is 0 Å². The van der Waals surface area contributed by atoms with Gasteiger partial charge < -0.3 is 10.6 Å². The molecule has 0 atom stereocenters. The molecule has 1 amide bonds. The molecule has 0 aliphatic rings. The van der Waals surface area contributed by atoms with E-state index in [-0.39, 0.29) is 17.2 Å². The van der Waals surface area contributed by atoms with E-state index in [1.165, 1.54) is 12.1 Å². The SMILES string of the molecule is CNC(=O)C(C)(C)CNc1ccc(-c2c(F)cccc2F)nn1. The molecule has 2 N–H and O–H groups in total. The molecule has 1 aromatic carbocycles. The van der Waals surface area contributed by atoms with Gasteiger partial charge in [0, 0.05) is 13.6 Å². The average molecular weight is 320 g/mol. The molecule has 1 heterocycles. The van der Waals surface area contributed by atoms with E-state index in [2.05, 4.69) is 20.8 Å². The first-order valence-electron chi connectivity index (χ1n) is 7.09. The summed E-state index contributed by atoms with van der Waals surface area (Å²) in [5.74, 6) is -1.08. The van der Waals surface area contributed by atoms with E-state index in [0.717, 1.165) is 12.1 Å². The molecule has 0 saturated heterocycles. The molecule has 0 aliphatic heterocycles. The van der Waals surface area contributed by atoms with Gasteiger partial charge in [-0.25, -0.2) is 8.78 Å². The van der Waals surface area contributed by atoms with Crippen LogP contribution in [0.4, 0.5) is 14.6 Å². The number of anilines is 1. The lowest BCUT2D eigenvalue weighted by atomic mass is 9.92. The standard InChI is InChI=1S/C16H18F2N4O/c1-16(2,15(23)19-3)9-20-13-8-7-12(21-22-13)14-10(17)5-4-6-11(14)18/h4-8H,9H2,1-3H3,(H,19,23)(H,20,22). The van der Waals surface area contributed by atoms with Gasteiger partial charge in [-0.15, -0.1) is 10.2 Å². The lowest BCUT2D eigenvalue weighted by molar-refractivity contribution is -0.128. The van der Waals surface area contributed by atoms with Crippen LogP contribution in [-0.2, 0) is 4.79 Å². The Hall–Kier alpha value is -2.57. The Morgan fingerprint density at radius 1 is 1.13 bits per heavy atom. The fourth-order valence-electron chi connectivity index (χ4n) is 2.03. The number of halogens is 2. The van der Waals surface area contributed by atoms with Gasteiger partial charge in [0.1, 0.15) is 17.5 Å². The van der Waals surface area contributed by atoms with Crippen molar-refractivity contribution in [3.63, 3.8) is 0 Å². The number of nitrogens with one attached hydrogen (secondary N) is 2. The third kappa shape index (κ3) is 3.80. The molecule has 0 fully saturated rings. The largest absolute Gasteiger partial charge is 0.368 e. The zero-order valence-electron chi connectivity index (χ0n) is 13.2. The first-order valence-corrected chi connectivity index (χ1v) is 7.09. The van der Waals surface area contributed by atoms with Gasteiger partial charge in [0.2, 0.25) is 5.91 Å². The first-order chi connectivity index (χ1) is 10.8. The van der Waals surface area contributed by atoms with E-state index in [0.29, 0.717) is 12.4 Å².